The van der Waals surface area contributed by atoms with Crippen molar-refractivity contribution in [3.8, 4) is 11.5 Å². The molecule has 1 amide bonds. The second kappa shape index (κ2) is 7.44. The van der Waals surface area contributed by atoms with E-state index in [1.54, 1.807) is 21.1 Å². The quantitative estimate of drug-likeness (QED) is 0.829. The smallest absolute Gasteiger partial charge is 0.227 e. The minimum Gasteiger partial charge on any atom is -0.493 e. The Morgan fingerprint density at radius 3 is 2.68 bits per heavy atom. The molecule has 0 aliphatic carbocycles. The van der Waals surface area contributed by atoms with Gasteiger partial charge in [-0.3, -0.25) is 4.79 Å². The number of rotatable bonds is 7. The van der Waals surface area contributed by atoms with Gasteiger partial charge in [0.2, 0.25) is 11.8 Å². The molecule has 0 fully saturated rings. The Morgan fingerprint density at radius 1 is 1.27 bits per heavy atom. The summed E-state index contributed by atoms with van der Waals surface area (Å²) in [6, 6.07) is 5.68. The molecule has 2 rings (SSSR count). The van der Waals surface area contributed by atoms with Crippen LogP contribution in [0.5, 0.6) is 11.5 Å². The van der Waals surface area contributed by atoms with E-state index < -0.39 is 0 Å². The van der Waals surface area contributed by atoms with Crippen molar-refractivity contribution in [2.45, 2.75) is 19.8 Å². The molecule has 0 aliphatic rings. The van der Waals surface area contributed by atoms with Crippen LogP contribution in [-0.2, 0) is 17.6 Å². The van der Waals surface area contributed by atoms with Gasteiger partial charge in [0.25, 0.3) is 0 Å². The van der Waals surface area contributed by atoms with Crippen molar-refractivity contribution in [3.63, 3.8) is 0 Å². The summed E-state index contributed by atoms with van der Waals surface area (Å²) in [4.78, 5) is 15.7. The van der Waals surface area contributed by atoms with E-state index >= 15 is 0 Å². The van der Waals surface area contributed by atoms with Crippen molar-refractivity contribution < 1.29 is 18.8 Å². The number of hydrogen-bond donors (Lipinski definition) is 1. The molecule has 0 saturated heterocycles. The molecule has 7 heteroatoms. The number of aryl methyl sites for hydroxylation is 1. The van der Waals surface area contributed by atoms with E-state index in [0.717, 1.165) is 5.56 Å². The summed E-state index contributed by atoms with van der Waals surface area (Å²) in [5.41, 5.74) is 1.05. The second-order valence-corrected chi connectivity index (χ2v) is 4.70. The molecule has 1 aromatic carbocycles. The first-order chi connectivity index (χ1) is 10.6. The third-order valence-electron chi connectivity index (χ3n) is 3.07. The zero-order chi connectivity index (χ0) is 15.9. The summed E-state index contributed by atoms with van der Waals surface area (Å²) >= 11 is 0. The normalized spacial score (nSPS) is 10.3. The Bertz CT molecular complexity index is 639. The predicted molar refractivity (Wildman–Crippen MR) is 79.0 cm³/mol. The molecular weight excluding hydrogens is 286 g/mol. The Balaban J connectivity index is 1.82. The number of aromatic nitrogens is 2. The number of methoxy groups -OCH3 is 2. The number of nitrogens with one attached hydrogen (secondary N) is 1. The summed E-state index contributed by atoms with van der Waals surface area (Å²) in [7, 11) is 3.19. The second-order valence-electron chi connectivity index (χ2n) is 4.70. The van der Waals surface area contributed by atoms with E-state index in [1.165, 1.54) is 0 Å². The monoisotopic (exact) mass is 305 g/mol. The standard InChI is InChI=1S/C15H19N3O4/c1-10-17-14(18-22-10)9-15(19)16-7-6-11-4-5-12(20-2)13(8-11)21-3/h4-5,8H,6-7,9H2,1-3H3,(H,16,19). The first kappa shape index (κ1) is 15.8. The van der Waals surface area contributed by atoms with E-state index in [9.17, 15) is 4.79 Å². The molecule has 0 bridgehead atoms. The van der Waals surface area contributed by atoms with Crippen LogP contribution in [0.25, 0.3) is 0 Å². The van der Waals surface area contributed by atoms with Crippen molar-refractivity contribution in [2.24, 2.45) is 0 Å². The van der Waals surface area contributed by atoms with Gasteiger partial charge in [-0.15, -0.1) is 0 Å². The molecule has 1 aromatic heterocycles. The summed E-state index contributed by atoms with van der Waals surface area (Å²) in [6.07, 6.45) is 0.806. The fourth-order valence-electron chi connectivity index (χ4n) is 2.00. The molecule has 0 saturated carbocycles. The maximum absolute atomic E-state index is 11.8. The molecule has 22 heavy (non-hydrogen) atoms. The lowest BCUT2D eigenvalue weighted by Crippen LogP contribution is -2.27. The zero-order valence-corrected chi connectivity index (χ0v) is 12.9. The first-order valence-corrected chi connectivity index (χ1v) is 6.89. The molecule has 0 aliphatic heterocycles. The number of nitrogens with zero attached hydrogens (tertiary/aromatic N) is 2. The van der Waals surface area contributed by atoms with Gasteiger partial charge in [0.15, 0.2) is 17.3 Å². The van der Waals surface area contributed by atoms with Crippen LogP contribution in [0.2, 0.25) is 0 Å². The number of carbonyl (C=O) groups is 1. The topological polar surface area (TPSA) is 86.5 Å². The van der Waals surface area contributed by atoms with Crippen LogP contribution < -0.4 is 14.8 Å². The SMILES string of the molecule is COc1ccc(CCNC(=O)Cc2noc(C)n2)cc1OC. The first-order valence-electron chi connectivity index (χ1n) is 6.89. The van der Waals surface area contributed by atoms with Gasteiger partial charge < -0.3 is 19.3 Å². The third kappa shape index (κ3) is 4.21. The van der Waals surface area contributed by atoms with Crippen LogP contribution in [0.1, 0.15) is 17.3 Å². The van der Waals surface area contributed by atoms with Crippen LogP contribution >= 0.6 is 0 Å². The minimum atomic E-state index is -0.138. The minimum absolute atomic E-state index is 0.114. The van der Waals surface area contributed by atoms with Crippen molar-refractivity contribution in [1.82, 2.24) is 15.5 Å². The number of benzene rings is 1. The molecule has 1 heterocycles. The third-order valence-corrected chi connectivity index (χ3v) is 3.07. The molecule has 0 atom stereocenters. The van der Waals surface area contributed by atoms with Gasteiger partial charge in [0, 0.05) is 13.5 Å². The summed E-state index contributed by atoms with van der Waals surface area (Å²) < 4.78 is 15.3. The average Bonchev–Trinajstić information content (AvgIpc) is 2.92. The fraction of sp³-hybridized carbons (Fsp3) is 0.400. The van der Waals surface area contributed by atoms with Gasteiger partial charge in [-0.05, 0) is 24.1 Å². The number of carbonyl (C=O) groups excluding carboxylic acids is 1. The van der Waals surface area contributed by atoms with Gasteiger partial charge in [0.1, 0.15) is 0 Å². The number of ether oxygens (including phenoxy) is 2. The van der Waals surface area contributed by atoms with Crippen LogP contribution in [0, 0.1) is 6.92 Å². The van der Waals surface area contributed by atoms with Crippen LogP contribution in [-0.4, -0.2) is 36.8 Å². The molecule has 0 unspecified atom stereocenters. The van der Waals surface area contributed by atoms with E-state index in [2.05, 4.69) is 15.5 Å². The molecule has 7 nitrogen and oxygen atoms in total. The Labute approximate surface area is 128 Å². The van der Waals surface area contributed by atoms with Crippen molar-refractivity contribution in [3.05, 3.63) is 35.5 Å². The molecule has 0 radical (unpaired) electrons. The summed E-state index contributed by atoms with van der Waals surface area (Å²) in [6.45, 7) is 2.20. The van der Waals surface area contributed by atoms with Crippen LogP contribution in [0.4, 0.5) is 0 Å². The zero-order valence-electron chi connectivity index (χ0n) is 12.9. The highest BCUT2D eigenvalue weighted by Crippen LogP contribution is 2.27. The van der Waals surface area contributed by atoms with E-state index in [4.69, 9.17) is 14.0 Å². The van der Waals surface area contributed by atoms with Gasteiger partial charge >= 0.3 is 0 Å². The molecule has 0 spiro atoms. The molecule has 2 aromatic rings. The maximum Gasteiger partial charge on any atom is 0.227 e. The highest BCUT2D eigenvalue weighted by Gasteiger charge is 2.09. The summed E-state index contributed by atoms with van der Waals surface area (Å²) in [5.74, 6) is 2.06. The largest absolute Gasteiger partial charge is 0.493 e. The van der Waals surface area contributed by atoms with Gasteiger partial charge in [0.05, 0.1) is 20.6 Å². The van der Waals surface area contributed by atoms with Crippen LogP contribution in [0.15, 0.2) is 22.7 Å². The Morgan fingerprint density at radius 2 is 2.05 bits per heavy atom. The Kier molecular flexibility index (Phi) is 5.35. The van der Waals surface area contributed by atoms with E-state index in [1.807, 2.05) is 18.2 Å². The number of amides is 1. The number of hydrogen-bond acceptors (Lipinski definition) is 6. The lowest BCUT2D eigenvalue weighted by molar-refractivity contribution is -0.120. The predicted octanol–water partition coefficient (Wildman–Crippen LogP) is 1.30. The maximum atomic E-state index is 11.8. The lowest BCUT2D eigenvalue weighted by Gasteiger charge is -2.10. The Hall–Kier alpha value is -2.57. The van der Waals surface area contributed by atoms with E-state index in [-0.39, 0.29) is 12.3 Å². The highest BCUT2D eigenvalue weighted by atomic mass is 16.5. The molecule has 118 valence electrons. The van der Waals surface area contributed by atoms with Gasteiger partial charge in [-0.1, -0.05) is 11.2 Å². The van der Waals surface area contributed by atoms with E-state index in [0.29, 0.717) is 36.2 Å². The lowest BCUT2D eigenvalue weighted by atomic mass is 10.1. The average molecular weight is 305 g/mol. The van der Waals surface area contributed by atoms with Gasteiger partial charge in [-0.25, -0.2) is 0 Å². The molecule has 1 N–H and O–H groups in total. The van der Waals surface area contributed by atoms with Crippen LogP contribution in [0.3, 0.4) is 0 Å². The van der Waals surface area contributed by atoms with Gasteiger partial charge in [-0.2, -0.15) is 4.98 Å². The van der Waals surface area contributed by atoms with Crippen molar-refractivity contribution in [1.29, 1.82) is 0 Å². The highest BCUT2D eigenvalue weighted by molar-refractivity contribution is 5.77. The molecular formula is C15H19N3O4. The summed E-state index contributed by atoms with van der Waals surface area (Å²) in [5, 5.41) is 6.51. The fourth-order valence-corrected chi connectivity index (χ4v) is 2.00. The van der Waals surface area contributed by atoms with Crippen molar-refractivity contribution in [2.75, 3.05) is 20.8 Å². The van der Waals surface area contributed by atoms with Crippen molar-refractivity contribution >= 4 is 5.91 Å².